The Labute approximate surface area is 321 Å². The lowest BCUT2D eigenvalue weighted by Gasteiger charge is -2.29. The van der Waals surface area contributed by atoms with Crippen LogP contribution in [0.15, 0.2) is 0 Å². The number of alkyl halides is 12. The Bertz CT molecular complexity index is 1230. The summed E-state index contributed by atoms with van der Waals surface area (Å²) in [6.45, 7) is 10.6. The number of hydrazine groups is 3. The van der Waals surface area contributed by atoms with Crippen molar-refractivity contribution in [1.82, 2.24) is 21.7 Å². The Morgan fingerprint density at radius 1 is 0.579 bits per heavy atom. The van der Waals surface area contributed by atoms with Gasteiger partial charge in [0.25, 0.3) is 0 Å². The van der Waals surface area contributed by atoms with Crippen LogP contribution in [0.5, 0.6) is 0 Å². The van der Waals surface area contributed by atoms with Crippen LogP contribution in [0.1, 0.15) is 119 Å². The summed E-state index contributed by atoms with van der Waals surface area (Å²) in [6, 6.07) is -0.0123. The molecule has 13 nitrogen and oxygen atoms in total. The number of carbonyl (C=O) groups excluding carboxylic acids is 5. The Balaban J connectivity index is 0. The maximum atomic E-state index is 12.9. The molecule has 0 aromatic rings. The second-order valence-corrected chi connectivity index (χ2v) is 14.9. The summed E-state index contributed by atoms with van der Waals surface area (Å²) in [4.78, 5) is 51.3. The van der Waals surface area contributed by atoms with Gasteiger partial charge in [-0.3, -0.25) is 36.5 Å². The molecule has 0 radical (unpaired) electrons. The SMILES string of the molecule is CC(C)(C)OC(=O)NN.CC(C)(C)OC(=O)NNC1CCC(F)(F)CC1.NNC1CCC(F)(F)CC1.O=C(C(=O)C(F)(F)F)C(F)(F)F.O=C1CCC(F)(F)CC1. The molecule has 3 aliphatic carbocycles. The lowest BCUT2D eigenvalue weighted by Crippen LogP contribution is -2.48. The van der Waals surface area contributed by atoms with Crippen molar-refractivity contribution < 1.29 is 86.1 Å². The predicted molar refractivity (Wildman–Crippen MR) is 178 cm³/mol. The highest BCUT2D eigenvalue weighted by Gasteiger charge is 2.54. The van der Waals surface area contributed by atoms with E-state index in [4.69, 9.17) is 21.2 Å². The van der Waals surface area contributed by atoms with E-state index >= 15 is 0 Å². The molecular weight excluding hydrogens is 808 g/mol. The van der Waals surface area contributed by atoms with Crippen molar-refractivity contribution >= 4 is 29.5 Å². The summed E-state index contributed by atoms with van der Waals surface area (Å²) >= 11 is 0. The number of hydrogen-bond donors (Lipinski definition) is 6. The Morgan fingerprint density at radius 2 is 0.895 bits per heavy atom. The smallest absolute Gasteiger partial charge is 0.443 e. The monoisotopic (exact) mass is 860 g/mol. The maximum absolute atomic E-state index is 12.9. The quantitative estimate of drug-likeness (QED) is 0.0558. The van der Waals surface area contributed by atoms with E-state index in [9.17, 15) is 76.7 Å². The first-order valence-corrected chi connectivity index (χ1v) is 17.2. The molecule has 0 bridgehead atoms. The number of Topliss-reactive ketones (excluding diaryl/α,β-unsaturated/α-hetero) is 3. The molecule has 3 aliphatic rings. The highest BCUT2D eigenvalue weighted by Crippen LogP contribution is 2.34. The Morgan fingerprint density at radius 3 is 1.16 bits per heavy atom. The van der Waals surface area contributed by atoms with Gasteiger partial charge in [-0.25, -0.2) is 47.2 Å². The van der Waals surface area contributed by atoms with Crippen LogP contribution >= 0.6 is 0 Å². The van der Waals surface area contributed by atoms with Gasteiger partial charge in [-0.15, -0.1) is 0 Å². The molecule has 2 amide bonds. The third kappa shape index (κ3) is 29.4. The number of ketones is 3. The third-order valence-corrected chi connectivity index (χ3v) is 7.22. The molecule has 0 spiro atoms. The maximum Gasteiger partial charge on any atom is 0.458 e. The minimum atomic E-state index is -5.77. The number of ether oxygens (including phenoxy) is 2. The van der Waals surface area contributed by atoms with Gasteiger partial charge in [-0.2, -0.15) is 26.3 Å². The van der Waals surface area contributed by atoms with Crippen molar-refractivity contribution in [1.29, 1.82) is 0 Å². The van der Waals surface area contributed by atoms with Gasteiger partial charge in [-0.1, -0.05) is 0 Å². The molecular formula is C32H52F12N6O7. The van der Waals surface area contributed by atoms with Gasteiger partial charge in [0.2, 0.25) is 17.8 Å². The lowest BCUT2D eigenvalue weighted by molar-refractivity contribution is -0.193. The molecule has 8 N–H and O–H groups in total. The molecule has 25 heteroatoms. The zero-order valence-corrected chi connectivity index (χ0v) is 32.2. The minimum Gasteiger partial charge on any atom is -0.443 e. The number of hydrogen-bond acceptors (Lipinski definition) is 11. The standard InChI is InChI=1S/C11H20F2N2O2.C6H12F2N2.C6H8F2O.C5H12N2O2.C4F6O2/c1-10(2,3)17-9(16)15-14-8-4-6-11(12,13)7-5-8;7-6(8)3-1-5(10-9)2-4-6;7-6(8)3-1-5(9)2-4-6;1-5(2,3)9-4(8)7-6;5-3(6,7)1(11)2(12)4(8,9)10/h8,14H,4-7H2,1-3H3,(H,15,16);5,10H,1-4,9H2;1-4H2;6H2,1-3H3,(H,7,8);. The highest BCUT2D eigenvalue weighted by atomic mass is 19.4. The molecule has 0 aliphatic heterocycles. The fraction of sp³-hybridized carbons (Fsp3) is 0.844. The van der Waals surface area contributed by atoms with Crippen molar-refractivity contribution in [3.8, 4) is 0 Å². The molecule has 3 fully saturated rings. The molecule has 57 heavy (non-hydrogen) atoms. The predicted octanol–water partition coefficient (Wildman–Crippen LogP) is 7.02. The largest absolute Gasteiger partial charge is 0.458 e. The van der Waals surface area contributed by atoms with E-state index in [2.05, 4.69) is 16.3 Å². The summed E-state index contributed by atoms with van der Waals surface area (Å²) in [7, 11) is 0. The second kappa shape index (κ2) is 23.2. The second-order valence-electron chi connectivity index (χ2n) is 14.9. The number of nitrogens with two attached hydrogens (primary N) is 2. The molecule has 0 atom stereocenters. The zero-order chi connectivity index (χ0) is 45.3. The van der Waals surface area contributed by atoms with Crippen LogP contribution in [0, 0.1) is 0 Å². The average Bonchev–Trinajstić information content (AvgIpc) is 3.04. The number of halogens is 12. The lowest BCUT2D eigenvalue weighted by atomic mass is 9.93. The summed E-state index contributed by atoms with van der Waals surface area (Å²) in [5.41, 5.74) is 8.44. The van der Waals surface area contributed by atoms with Crippen LogP contribution in [-0.2, 0) is 23.9 Å². The van der Waals surface area contributed by atoms with Gasteiger partial charge in [0.1, 0.15) is 17.0 Å². The average molecular weight is 861 g/mol. The fourth-order valence-corrected chi connectivity index (χ4v) is 4.32. The highest BCUT2D eigenvalue weighted by molar-refractivity contribution is 6.41. The van der Waals surface area contributed by atoms with Crippen LogP contribution in [0.4, 0.5) is 62.3 Å². The van der Waals surface area contributed by atoms with Crippen molar-refractivity contribution in [2.75, 3.05) is 0 Å². The fourth-order valence-electron chi connectivity index (χ4n) is 4.32. The summed E-state index contributed by atoms with van der Waals surface area (Å²) in [5, 5.41) is 0. The van der Waals surface area contributed by atoms with Crippen LogP contribution < -0.4 is 33.4 Å². The van der Waals surface area contributed by atoms with Crippen LogP contribution in [0.3, 0.4) is 0 Å². The Hall–Kier alpha value is -3.45. The normalized spacial score (nSPS) is 19.5. The van der Waals surface area contributed by atoms with E-state index in [0.29, 0.717) is 25.7 Å². The number of rotatable bonds is 4. The van der Waals surface area contributed by atoms with Crippen LogP contribution in [0.25, 0.3) is 0 Å². The molecule has 0 unspecified atom stereocenters. The van der Waals surface area contributed by atoms with E-state index in [1.165, 1.54) is 0 Å². The van der Waals surface area contributed by atoms with E-state index in [1.54, 1.807) is 41.5 Å². The van der Waals surface area contributed by atoms with Crippen LogP contribution in [0.2, 0.25) is 0 Å². The molecule has 0 saturated heterocycles. The summed E-state index contributed by atoms with van der Waals surface area (Å²) < 4.78 is 152. The van der Waals surface area contributed by atoms with E-state index in [-0.39, 0.29) is 69.2 Å². The first-order valence-electron chi connectivity index (χ1n) is 17.2. The van der Waals surface area contributed by atoms with Crippen LogP contribution in [-0.4, -0.2) is 82.9 Å². The molecule has 3 saturated carbocycles. The minimum absolute atomic E-state index is 0.0259. The summed E-state index contributed by atoms with van der Waals surface area (Å²) in [5.74, 6) is -4.54. The molecule has 0 heterocycles. The molecule has 336 valence electrons. The Kier molecular flexibility index (Phi) is 22.7. The van der Waals surface area contributed by atoms with Crippen molar-refractivity contribution in [2.24, 2.45) is 11.7 Å². The number of carbonyl (C=O) groups is 5. The molecule has 0 aromatic heterocycles. The molecule has 3 rings (SSSR count). The van der Waals surface area contributed by atoms with Crippen molar-refractivity contribution in [3.63, 3.8) is 0 Å². The number of nitrogens with one attached hydrogen (secondary N) is 4. The van der Waals surface area contributed by atoms with Gasteiger partial charge < -0.3 is 9.47 Å². The number of amides is 2. The van der Waals surface area contributed by atoms with Gasteiger partial charge >= 0.3 is 36.1 Å². The topological polar surface area (TPSA) is 204 Å². The summed E-state index contributed by atoms with van der Waals surface area (Å²) in [6.07, 6.45) is -11.8. The van der Waals surface area contributed by atoms with Gasteiger partial charge in [0.15, 0.2) is 0 Å². The van der Waals surface area contributed by atoms with Crippen molar-refractivity contribution in [2.45, 2.75) is 172 Å². The zero-order valence-electron chi connectivity index (χ0n) is 32.2. The molecule has 0 aromatic carbocycles. The van der Waals surface area contributed by atoms with E-state index < -0.39 is 65.1 Å². The third-order valence-electron chi connectivity index (χ3n) is 7.22. The van der Waals surface area contributed by atoms with Gasteiger partial charge in [0, 0.05) is 63.5 Å². The first kappa shape index (κ1) is 55.6. The van der Waals surface area contributed by atoms with Gasteiger partial charge in [-0.05, 0) is 67.2 Å². The van der Waals surface area contributed by atoms with E-state index in [0.717, 1.165) is 0 Å². The first-order chi connectivity index (χ1) is 25.4. The van der Waals surface area contributed by atoms with E-state index in [1.807, 2.05) is 5.43 Å². The van der Waals surface area contributed by atoms with Crippen molar-refractivity contribution in [3.05, 3.63) is 0 Å². The van der Waals surface area contributed by atoms with Gasteiger partial charge in [0.05, 0.1) is 0 Å².